The van der Waals surface area contributed by atoms with E-state index in [2.05, 4.69) is 4.72 Å². The third-order valence-corrected chi connectivity index (χ3v) is 6.47. The van der Waals surface area contributed by atoms with Crippen molar-refractivity contribution in [2.45, 2.75) is 38.0 Å². The number of anilines is 1. The zero-order valence-corrected chi connectivity index (χ0v) is 16.3. The summed E-state index contributed by atoms with van der Waals surface area (Å²) in [7, 11) is -2.04. The molecule has 0 radical (unpaired) electrons. The topological polar surface area (TPSA) is 71.4 Å². The van der Waals surface area contributed by atoms with Crippen LogP contribution in [0.1, 0.15) is 41.5 Å². The van der Waals surface area contributed by atoms with Gasteiger partial charge >= 0.3 is 0 Å². The number of hydrogen-bond donors (Lipinski definition) is 1. The van der Waals surface area contributed by atoms with Gasteiger partial charge in [-0.1, -0.05) is 19.1 Å². The highest BCUT2D eigenvalue weighted by Gasteiger charge is 2.27. The fourth-order valence-electron chi connectivity index (χ4n) is 3.30. The molecular formula is C19H25N3O3S. The van der Waals surface area contributed by atoms with Crippen LogP contribution in [-0.4, -0.2) is 36.9 Å². The van der Waals surface area contributed by atoms with Crippen molar-refractivity contribution in [3.05, 3.63) is 47.3 Å². The van der Waals surface area contributed by atoms with Crippen molar-refractivity contribution < 1.29 is 13.2 Å². The van der Waals surface area contributed by atoms with Crippen LogP contribution in [0.2, 0.25) is 0 Å². The van der Waals surface area contributed by atoms with Gasteiger partial charge in [-0.2, -0.15) is 0 Å². The van der Waals surface area contributed by atoms with Crippen molar-refractivity contribution in [3.8, 4) is 0 Å². The number of sulfonamides is 1. The average molecular weight is 375 g/mol. The Kier molecular flexibility index (Phi) is 5.09. The minimum atomic E-state index is -3.77. The summed E-state index contributed by atoms with van der Waals surface area (Å²) < 4.78 is 30.1. The first-order chi connectivity index (χ1) is 12.3. The van der Waals surface area contributed by atoms with Crippen LogP contribution in [0.5, 0.6) is 0 Å². The number of benzene rings is 1. The molecule has 1 aliphatic rings. The predicted octanol–water partition coefficient (Wildman–Crippen LogP) is 2.93. The van der Waals surface area contributed by atoms with Gasteiger partial charge in [0.1, 0.15) is 10.6 Å². The molecule has 1 fully saturated rings. The molecule has 7 heteroatoms. The molecule has 1 aliphatic heterocycles. The lowest BCUT2D eigenvalue weighted by Gasteiger charge is -2.15. The van der Waals surface area contributed by atoms with Crippen molar-refractivity contribution in [2.75, 3.05) is 17.8 Å². The van der Waals surface area contributed by atoms with E-state index in [0.717, 1.165) is 37.9 Å². The van der Waals surface area contributed by atoms with Crippen LogP contribution in [0.3, 0.4) is 0 Å². The molecule has 1 aromatic heterocycles. The minimum Gasteiger partial charge on any atom is -0.343 e. The molecule has 26 heavy (non-hydrogen) atoms. The third kappa shape index (κ3) is 3.49. The number of nitrogens with one attached hydrogen (secondary N) is 1. The van der Waals surface area contributed by atoms with E-state index in [1.54, 1.807) is 29.5 Å². The van der Waals surface area contributed by atoms with Gasteiger partial charge in [0.05, 0.1) is 0 Å². The van der Waals surface area contributed by atoms with Gasteiger partial charge in [-0.15, -0.1) is 0 Å². The SMILES string of the molecule is CCc1cccc(NS(=O)(=O)c2cc(C(=O)N3CCCC3)n(C)c2C)c1. The van der Waals surface area contributed by atoms with Crippen molar-refractivity contribution in [3.63, 3.8) is 0 Å². The normalized spacial score (nSPS) is 14.7. The summed E-state index contributed by atoms with van der Waals surface area (Å²) in [6, 6.07) is 8.83. The highest BCUT2D eigenvalue weighted by atomic mass is 32.2. The maximum absolute atomic E-state index is 12.9. The standard InChI is InChI=1S/C19H25N3O3S/c1-4-15-8-7-9-16(12-15)20-26(24,25)18-13-17(21(3)14(18)2)19(23)22-10-5-6-11-22/h7-9,12-13,20H,4-6,10-11H2,1-3H3. The molecule has 0 aliphatic carbocycles. The van der Waals surface area contributed by atoms with Gasteiger partial charge in [0.15, 0.2) is 0 Å². The number of aromatic nitrogens is 1. The van der Waals surface area contributed by atoms with Gasteiger partial charge in [0.2, 0.25) is 0 Å². The van der Waals surface area contributed by atoms with Crippen molar-refractivity contribution >= 4 is 21.6 Å². The largest absolute Gasteiger partial charge is 0.343 e. The Morgan fingerprint density at radius 2 is 1.88 bits per heavy atom. The Labute approximate surface area is 154 Å². The van der Waals surface area contributed by atoms with Crippen LogP contribution < -0.4 is 4.72 Å². The molecule has 0 atom stereocenters. The number of rotatable bonds is 5. The number of hydrogen-bond acceptors (Lipinski definition) is 3. The van der Waals surface area contributed by atoms with Gasteiger partial charge in [-0.05, 0) is 49.9 Å². The Balaban J connectivity index is 1.92. The molecule has 2 heterocycles. The molecule has 3 rings (SSSR count). The summed E-state index contributed by atoms with van der Waals surface area (Å²) in [6.45, 7) is 5.20. The molecule has 2 aromatic rings. The smallest absolute Gasteiger partial charge is 0.270 e. The monoisotopic (exact) mass is 375 g/mol. The molecule has 1 aromatic carbocycles. The van der Waals surface area contributed by atoms with E-state index in [-0.39, 0.29) is 10.8 Å². The summed E-state index contributed by atoms with van der Waals surface area (Å²) in [5.41, 5.74) is 2.54. The van der Waals surface area contributed by atoms with Gasteiger partial charge in [-0.25, -0.2) is 8.42 Å². The van der Waals surface area contributed by atoms with Crippen LogP contribution >= 0.6 is 0 Å². The zero-order chi connectivity index (χ0) is 18.9. The molecule has 0 unspecified atom stereocenters. The van der Waals surface area contributed by atoms with Crippen LogP contribution in [0, 0.1) is 6.92 Å². The van der Waals surface area contributed by atoms with Crippen LogP contribution in [-0.2, 0) is 23.5 Å². The summed E-state index contributed by atoms with van der Waals surface area (Å²) in [6.07, 6.45) is 2.82. The Morgan fingerprint density at radius 1 is 1.19 bits per heavy atom. The van der Waals surface area contributed by atoms with Crippen molar-refractivity contribution in [1.29, 1.82) is 0 Å². The van der Waals surface area contributed by atoms with E-state index in [0.29, 0.717) is 17.1 Å². The number of carbonyl (C=O) groups is 1. The minimum absolute atomic E-state index is 0.109. The van der Waals surface area contributed by atoms with Gasteiger partial charge in [-0.3, -0.25) is 9.52 Å². The zero-order valence-electron chi connectivity index (χ0n) is 15.4. The second-order valence-corrected chi connectivity index (χ2v) is 8.35. The van der Waals surface area contributed by atoms with Gasteiger partial charge in [0, 0.05) is 31.5 Å². The maximum atomic E-state index is 12.9. The highest BCUT2D eigenvalue weighted by Crippen LogP contribution is 2.24. The van der Waals surface area contributed by atoms with E-state index < -0.39 is 10.0 Å². The van der Waals surface area contributed by atoms with E-state index in [1.807, 2.05) is 25.1 Å². The van der Waals surface area contributed by atoms with Crippen molar-refractivity contribution in [2.24, 2.45) is 7.05 Å². The summed E-state index contributed by atoms with van der Waals surface area (Å²) >= 11 is 0. The Bertz CT molecular complexity index is 926. The number of amides is 1. The molecule has 1 saturated heterocycles. The van der Waals surface area contributed by atoms with Gasteiger partial charge in [0.25, 0.3) is 15.9 Å². The first-order valence-electron chi connectivity index (χ1n) is 8.91. The molecule has 1 N–H and O–H groups in total. The summed E-state index contributed by atoms with van der Waals surface area (Å²) in [5, 5.41) is 0. The lowest BCUT2D eigenvalue weighted by molar-refractivity contribution is 0.0783. The van der Waals surface area contributed by atoms with Crippen LogP contribution in [0.25, 0.3) is 0 Å². The fourth-order valence-corrected chi connectivity index (χ4v) is 4.64. The molecule has 6 nitrogen and oxygen atoms in total. The number of aryl methyl sites for hydroxylation is 1. The number of carbonyl (C=O) groups excluding carboxylic acids is 1. The lowest BCUT2D eigenvalue weighted by atomic mass is 10.1. The van der Waals surface area contributed by atoms with Crippen LogP contribution in [0.15, 0.2) is 35.2 Å². The maximum Gasteiger partial charge on any atom is 0.270 e. The average Bonchev–Trinajstić information content (AvgIpc) is 3.24. The highest BCUT2D eigenvalue weighted by molar-refractivity contribution is 7.92. The number of nitrogens with zero attached hydrogens (tertiary/aromatic N) is 2. The molecule has 0 saturated carbocycles. The predicted molar refractivity (Wildman–Crippen MR) is 102 cm³/mol. The molecule has 0 bridgehead atoms. The van der Waals surface area contributed by atoms with E-state index >= 15 is 0 Å². The van der Waals surface area contributed by atoms with E-state index in [4.69, 9.17) is 0 Å². The lowest BCUT2D eigenvalue weighted by Crippen LogP contribution is -2.29. The van der Waals surface area contributed by atoms with E-state index in [1.165, 1.54) is 6.07 Å². The molecule has 1 amide bonds. The molecular weight excluding hydrogens is 350 g/mol. The Hall–Kier alpha value is -2.28. The summed E-state index contributed by atoms with van der Waals surface area (Å²) in [4.78, 5) is 14.6. The first kappa shape index (κ1) is 18.5. The van der Waals surface area contributed by atoms with Crippen LogP contribution in [0.4, 0.5) is 5.69 Å². The van der Waals surface area contributed by atoms with Gasteiger partial charge < -0.3 is 9.47 Å². The second kappa shape index (κ2) is 7.15. The molecule has 140 valence electrons. The summed E-state index contributed by atoms with van der Waals surface area (Å²) in [5.74, 6) is -0.109. The first-order valence-corrected chi connectivity index (χ1v) is 10.4. The van der Waals surface area contributed by atoms with Crippen molar-refractivity contribution in [1.82, 2.24) is 9.47 Å². The quantitative estimate of drug-likeness (QED) is 0.873. The fraction of sp³-hybridized carbons (Fsp3) is 0.421. The third-order valence-electron chi connectivity index (χ3n) is 4.98. The van der Waals surface area contributed by atoms with E-state index in [9.17, 15) is 13.2 Å². The molecule has 0 spiro atoms. The second-order valence-electron chi connectivity index (χ2n) is 6.70. The Morgan fingerprint density at radius 3 is 2.54 bits per heavy atom. The number of likely N-dealkylation sites (tertiary alicyclic amines) is 1.